The van der Waals surface area contributed by atoms with Crippen molar-refractivity contribution in [1.82, 2.24) is 10.3 Å². The molecule has 6 nitrogen and oxygen atoms in total. The van der Waals surface area contributed by atoms with Gasteiger partial charge in [0.2, 0.25) is 5.91 Å². The predicted molar refractivity (Wildman–Crippen MR) is 70.8 cm³/mol. The van der Waals surface area contributed by atoms with Gasteiger partial charge < -0.3 is 16.3 Å². The van der Waals surface area contributed by atoms with Crippen LogP contribution in [0.3, 0.4) is 0 Å². The number of aromatic nitrogens is 1. The first-order valence-electron chi connectivity index (χ1n) is 5.50. The van der Waals surface area contributed by atoms with Crippen molar-refractivity contribution in [2.45, 2.75) is 18.4 Å². The third-order valence-corrected chi connectivity index (χ3v) is 2.99. The van der Waals surface area contributed by atoms with Gasteiger partial charge in [0.05, 0.1) is 10.8 Å². The monoisotopic (exact) mass is 268 g/mol. The number of nitrogens with zero attached hydrogens (tertiary/aromatic N) is 2. The third kappa shape index (κ3) is 4.62. The van der Waals surface area contributed by atoms with Gasteiger partial charge in [-0.2, -0.15) is 0 Å². The summed E-state index contributed by atoms with van der Waals surface area (Å²) in [4.78, 5) is 15.5. The van der Waals surface area contributed by atoms with Gasteiger partial charge in [0.25, 0.3) is 0 Å². The topological polar surface area (TPSA) is 101 Å². The molecule has 0 aliphatic carbocycles. The number of oxime groups is 1. The SMILES string of the molecule is CCCNC(=O)CSc1cc(/C(N)=N/O)ccn1. The summed E-state index contributed by atoms with van der Waals surface area (Å²) in [6, 6.07) is 3.31. The zero-order valence-corrected chi connectivity index (χ0v) is 10.9. The minimum absolute atomic E-state index is 0.0229. The maximum absolute atomic E-state index is 11.4. The molecule has 0 aliphatic heterocycles. The van der Waals surface area contributed by atoms with Crippen molar-refractivity contribution in [1.29, 1.82) is 0 Å². The normalized spacial score (nSPS) is 11.3. The molecule has 18 heavy (non-hydrogen) atoms. The minimum Gasteiger partial charge on any atom is -0.409 e. The minimum atomic E-state index is -0.0298. The molecule has 0 saturated carbocycles. The largest absolute Gasteiger partial charge is 0.409 e. The molecule has 1 amide bonds. The van der Waals surface area contributed by atoms with E-state index in [4.69, 9.17) is 10.9 Å². The lowest BCUT2D eigenvalue weighted by Crippen LogP contribution is -2.25. The number of pyridine rings is 1. The number of hydrogen-bond donors (Lipinski definition) is 3. The van der Waals surface area contributed by atoms with Crippen LogP contribution < -0.4 is 11.1 Å². The molecule has 1 aromatic heterocycles. The molecule has 4 N–H and O–H groups in total. The Morgan fingerprint density at radius 1 is 1.67 bits per heavy atom. The molecular weight excluding hydrogens is 252 g/mol. The molecule has 0 saturated heterocycles. The predicted octanol–water partition coefficient (Wildman–Crippen LogP) is 0.794. The van der Waals surface area contributed by atoms with E-state index in [0.29, 0.717) is 22.9 Å². The fourth-order valence-corrected chi connectivity index (χ4v) is 1.89. The van der Waals surface area contributed by atoms with E-state index in [1.54, 1.807) is 18.3 Å². The number of amides is 1. The van der Waals surface area contributed by atoms with Crippen LogP contribution in [0.5, 0.6) is 0 Å². The van der Waals surface area contributed by atoms with Crippen molar-refractivity contribution in [3.8, 4) is 0 Å². The van der Waals surface area contributed by atoms with Gasteiger partial charge in [0.15, 0.2) is 5.84 Å². The first kappa shape index (κ1) is 14.3. The number of carbonyl (C=O) groups excluding carboxylic acids is 1. The molecule has 0 aromatic carbocycles. The Bertz CT molecular complexity index is 437. The highest BCUT2D eigenvalue weighted by atomic mass is 32.2. The molecule has 0 fully saturated rings. The number of thioether (sulfide) groups is 1. The van der Waals surface area contributed by atoms with Crippen molar-refractivity contribution in [2.75, 3.05) is 12.3 Å². The Morgan fingerprint density at radius 2 is 2.44 bits per heavy atom. The molecule has 0 radical (unpaired) electrons. The standard InChI is InChI=1S/C11H16N4O2S/c1-2-4-13-9(16)7-18-10-6-8(3-5-14-10)11(12)15-17/h3,5-6,17H,2,4,7H2,1H3,(H2,12,15)(H,13,16). The maximum atomic E-state index is 11.4. The van der Waals surface area contributed by atoms with Crippen molar-refractivity contribution in [3.05, 3.63) is 23.9 Å². The Morgan fingerprint density at radius 3 is 3.11 bits per heavy atom. The molecule has 7 heteroatoms. The summed E-state index contributed by atoms with van der Waals surface area (Å²) in [5.74, 6) is 0.291. The second-order valence-electron chi connectivity index (χ2n) is 3.51. The van der Waals surface area contributed by atoms with Gasteiger partial charge in [-0.25, -0.2) is 4.98 Å². The fourth-order valence-electron chi connectivity index (χ4n) is 1.16. The number of nitrogens with two attached hydrogens (primary N) is 1. The van der Waals surface area contributed by atoms with Crippen LogP contribution in [0.15, 0.2) is 28.5 Å². The Hall–Kier alpha value is -1.76. The highest BCUT2D eigenvalue weighted by molar-refractivity contribution is 7.99. The lowest BCUT2D eigenvalue weighted by atomic mass is 10.2. The van der Waals surface area contributed by atoms with Crippen LogP contribution in [0.1, 0.15) is 18.9 Å². The van der Waals surface area contributed by atoms with E-state index in [9.17, 15) is 4.79 Å². The highest BCUT2D eigenvalue weighted by Crippen LogP contribution is 2.15. The van der Waals surface area contributed by atoms with Crippen molar-refractivity contribution in [2.24, 2.45) is 10.9 Å². The Kier molecular flexibility index (Phi) is 5.99. The van der Waals surface area contributed by atoms with Crippen molar-refractivity contribution < 1.29 is 10.0 Å². The van der Waals surface area contributed by atoms with E-state index in [2.05, 4.69) is 15.5 Å². The first-order valence-corrected chi connectivity index (χ1v) is 6.49. The number of amidine groups is 1. The molecule has 0 atom stereocenters. The number of rotatable bonds is 6. The summed E-state index contributed by atoms with van der Waals surface area (Å²) in [5, 5.41) is 14.9. The Labute approximate surface area is 110 Å². The summed E-state index contributed by atoms with van der Waals surface area (Å²) in [6.07, 6.45) is 2.47. The molecular formula is C11H16N4O2S. The second-order valence-corrected chi connectivity index (χ2v) is 4.50. The molecule has 1 rings (SSSR count). The first-order chi connectivity index (χ1) is 8.67. The van der Waals surface area contributed by atoms with E-state index in [1.165, 1.54) is 11.8 Å². The average molecular weight is 268 g/mol. The number of nitrogens with one attached hydrogen (secondary N) is 1. The van der Waals surface area contributed by atoms with Crippen LogP contribution in [0.25, 0.3) is 0 Å². The molecule has 1 aromatic rings. The molecule has 0 unspecified atom stereocenters. The molecule has 1 heterocycles. The van der Waals surface area contributed by atoms with Gasteiger partial charge in [-0.3, -0.25) is 4.79 Å². The van der Waals surface area contributed by atoms with Crippen LogP contribution in [0, 0.1) is 0 Å². The van der Waals surface area contributed by atoms with Gasteiger partial charge in [-0.1, -0.05) is 23.8 Å². The number of hydrogen-bond acceptors (Lipinski definition) is 5. The van der Waals surface area contributed by atoms with Crippen LogP contribution in [-0.2, 0) is 4.79 Å². The number of carbonyl (C=O) groups is 1. The van der Waals surface area contributed by atoms with Gasteiger partial charge in [0.1, 0.15) is 0 Å². The smallest absolute Gasteiger partial charge is 0.230 e. The van der Waals surface area contributed by atoms with Crippen molar-refractivity contribution in [3.63, 3.8) is 0 Å². The second kappa shape index (κ2) is 7.54. The van der Waals surface area contributed by atoms with E-state index in [1.807, 2.05) is 6.92 Å². The zero-order valence-electron chi connectivity index (χ0n) is 10.1. The summed E-state index contributed by atoms with van der Waals surface area (Å²) in [7, 11) is 0. The van der Waals surface area contributed by atoms with Gasteiger partial charge in [0, 0.05) is 18.3 Å². The van der Waals surface area contributed by atoms with E-state index >= 15 is 0 Å². The van der Waals surface area contributed by atoms with E-state index in [-0.39, 0.29) is 11.7 Å². The maximum Gasteiger partial charge on any atom is 0.230 e. The van der Waals surface area contributed by atoms with Crippen molar-refractivity contribution >= 4 is 23.5 Å². The average Bonchev–Trinajstić information content (AvgIpc) is 2.42. The summed E-state index contributed by atoms with van der Waals surface area (Å²) in [6.45, 7) is 2.67. The third-order valence-electron chi connectivity index (χ3n) is 2.06. The van der Waals surface area contributed by atoms with Crippen LogP contribution in [0.2, 0.25) is 0 Å². The molecule has 98 valence electrons. The summed E-state index contributed by atoms with van der Waals surface area (Å²) in [5.41, 5.74) is 6.04. The lowest BCUT2D eigenvalue weighted by Gasteiger charge is -2.04. The van der Waals surface area contributed by atoms with Gasteiger partial charge in [-0.15, -0.1) is 0 Å². The Balaban J connectivity index is 2.55. The summed E-state index contributed by atoms with van der Waals surface area (Å²) < 4.78 is 0. The van der Waals surface area contributed by atoms with Gasteiger partial charge in [-0.05, 0) is 18.6 Å². The quantitative estimate of drug-likeness (QED) is 0.233. The highest BCUT2D eigenvalue weighted by Gasteiger charge is 2.05. The van der Waals surface area contributed by atoms with Crippen LogP contribution in [-0.4, -0.2) is 34.2 Å². The zero-order chi connectivity index (χ0) is 13.4. The molecule has 0 spiro atoms. The fraction of sp³-hybridized carbons (Fsp3) is 0.364. The van der Waals surface area contributed by atoms with Gasteiger partial charge >= 0.3 is 0 Å². The molecule has 0 aliphatic rings. The van der Waals surface area contributed by atoms with E-state index in [0.717, 1.165) is 6.42 Å². The van der Waals surface area contributed by atoms with Crippen LogP contribution >= 0.6 is 11.8 Å². The van der Waals surface area contributed by atoms with E-state index < -0.39 is 0 Å². The lowest BCUT2D eigenvalue weighted by molar-refractivity contribution is -0.118. The summed E-state index contributed by atoms with van der Waals surface area (Å²) >= 11 is 1.31. The van der Waals surface area contributed by atoms with Crippen LogP contribution in [0.4, 0.5) is 0 Å². The molecule has 0 bridgehead atoms.